The van der Waals surface area contributed by atoms with E-state index in [1.165, 1.54) is 14.2 Å². The number of hydrogen-bond donors (Lipinski definition) is 0. The zero-order valence-electron chi connectivity index (χ0n) is 12.1. The van der Waals surface area contributed by atoms with Crippen LogP contribution in [-0.4, -0.2) is 26.8 Å². The molecule has 0 fully saturated rings. The van der Waals surface area contributed by atoms with Gasteiger partial charge in [-0.05, 0) is 24.6 Å². The minimum Gasteiger partial charge on any atom is -0.493 e. The molecule has 0 N–H and O–H groups in total. The monoisotopic (exact) mass is 288 g/mol. The summed E-state index contributed by atoms with van der Waals surface area (Å²) in [5.41, 5.74) is 0.495. The van der Waals surface area contributed by atoms with Gasteiger partial charge < -0.3 is 14.2 Å². The van der Waals surface area contributed by atoms with E-state index in [9.17, 15) is 10.1 Å². The van der Waals surface area contributed by atoms with E-state index < -0.39 is 17.8 Å². The molecule has 0 aliphatic heterocycles. The van der Waals surface area contributed by atoms with Crippen LogP contribution in [0.25, 0.3) is 0 Å². The fourth-order valence-corrected chi connectivity index (χ4v) is 1.88. The first-order valence-electron chi connectivity index (χ1n) is 6.30. The second-order valence-corrected chi connectivity index (χ2v) is 4.08. The van der Waals surface area contributed by atoms with Gasteiger partial charge >= 0.3 is 5.97 Å². The Morgan fingerprint density at radius 3 is 2.33 bits per heavy atom. The van der Waals surface area contributed by atoms with Crippen molar-refractivity contribution in [3.05, 3.63) is 23.8 Å². The third kappa shape index (κ3) is 3.64. The fourth-order valence-electron chi connectivity index (χ4n) is 1.88. The van der Waals surface area contributed by atoms with Crippen molar-refractivity contribution >= 4 is 5.97 Å². The molecule has 0 radical (unpaired) electrons. The van der Waals surface area contributed by atoms with E-state index in [4.69, 9.17) is 19.5 Å². The van der Waals surface area contributed by atoms with E-state index in [1.807, 2.05) is 12.1 Å². The predicted molar refractivity (Wildman–Crippen MR) is 73.6 cm³/mol. The van der Waals surface area contributed by atoms with Crippen LogP contribution in [0.4, 0.5) is 0 Å². The molecule has 1 aromatic carbocycles. The van der Waals surface area contributed by atoms with Crippen molar-refractivity contribution in [2.24, 2.45) is 5.92 Å². The standard InChI is InChI=1S/C15H16N2O4/c1-4-21-15(18)12(9-17)11(8-16)10-5-6-13(19-2)14(7-10)20-3/h5-7,11-12H,4H2,1-3H3/t11-,12+/m1/s1. The van der Waals surface area contributed by atoms with Crippen LogP contribution in [0.2, 0.25) is 0 Å². The Kier molecular flexibility index (Phi) is 6.03. The van der Waals surface area contributed by atoms with Crippen LogP contribution in [0.3, 0.4) is 0 Å². The summed E-state index contributed by atoms with van der Waals surface area (Å²) in [5.74, 6) is -1.90. The summed E-state index contributed by atoms with van der Waals surface area (Å²) >= 11 is 0. The number of rotatable bonds is 6. The van der Waals surface area contributed by atoms with Gasteiger partial charge in [0.25, 0.3) is 0 Å². The van der Waals surface area contributed by atoms with E-state index in [0.717, 1.165) is 0 Å². The molecule has 0 saturated heterocycles. The molecule has 0 amide bonds. The quantitative estimate of drug-likeness (QED) is 0.743. The number of carbonyl (C=O) groups is 1. The van der Waals surface area contributed by atoms with Crippen LogP contribution in [0.1, 0.15) is 18.4 Å². The average Bonchev–Trinajstić information content (AvgIpc) is 2.51. The number of ether oxygens (including phenoxy) is 3. The minimum absolute atomic E-state index is 0.154. The molecule has 1 aromatic rings. The average molecular weight is 288 g/mol. The van der Waals surface area contributed by atoms with Crippen molar-refractivity contribution in [3.8, 4) is 23.6 Å². The molecule has 6 heteroatoms. The van der Waals surface area contributed by atoms with Crippen molar-refractivity contribution in [3.63, 3.8) is 0 Å². The van der Waals surface area contributed by atoms with Gasteiger partial charge in [0.05, 0.1) is 38.9 Å². The van der Waals surface area contributed by atoms with E-state index in [-0.39, 0.29) is 6.61 Å². The van der Waals surface area contributed by atoms with Gasteiger partial charge in [-0.15, -0.1) is 0 Å². The van der Waals surface area contributed by atoms with E-state index in [2.05, 4.69) is 0 Å². The predicted octanol–water partition coefficient (Wildman–Crippen LogP) is 2.01. The summed E-state index contributed by atoms with van der Waals surface area (Å²) < 4.78 is 15.1. The molecule has 6 nitrogen and oxygen atoms in total. The molecule has 2 atom stereocenters. The number of nitrogens with zero attached hydrogens (tertiary/aromatic N) is 2. The fraction of sp³-hybridized carbons (Fsp3) is 0.400. The van der Waals surface area contributed by atoms with E-state index in [1.54, 1.807) is 25.1 Å². The third-order valence-electron chi connectivity index (χ3n) is 2.92. The van der Waals surface area contributed by atoms with Crippen molar-refractivity contribution in [1.82, 2.24) is 0 Å². The normalized spacial score (nSPS) is 12.4. The summed E-state index contributed by atoms with van der Waals surface area (Å²) in [5, 5.41) is 18.5. The molecule has 0 aliphatic carbocycles. The van der Waals surface area contributed by atoms with Crippen molar-refractivity contribution in [1.29, 1.82) is 10.5 Å². The maximum atomic E-state index is 11.8. The molecular formula is C15H16N2O4. The molecule has 0 aromatic heterocycles. The van der Waals surface area contributed by atoms with Crippen molar-refractivity contribution in [2.75, 3.05) is 20.8 Å². The van der Waals surface area contributed by atoms with Crippen LogP contribution in [0.15, 0.2) is 18.2 Å². The zero-order valence-corrected chi connectivity index (χ0v) is 12.1. The highest BCUT2D eigenvalue weighted by Gasteiger charge is 2.31. The summed E-state index contributed by atoms with van der Waals surface area (Å²) in [6.07, 6.45) is 0. The Labute approximate surface area is 123 Å². The third-order valence-corrected chi connectivity index (χ3v) is 2.92. The number of nitriles is 2. The number of hydrogen-bond acceptors (Lipinski definition) is 6. The largest absolute Gasteiger partial charge is 0.493 e. The first-order chi connectivity index (χ1) is 10.1. The molecule has 21 heavy (non-hydrogen) atoms. The first-order valence-corrected chi connectivity index (χ1v) is 6.30. The second kappa shape index (κ2) is 7.76. The lowest BCUT2D eigenvalue weighted by Crippen LogP contribution is -2.22. The first kappa shape index (κ1) is 16.3. The molecule has 0 spiro atoms. The highest BCUT2D eigenvalue weighted by Crippen LogP contribution is 2.33. The van der Waals surface area contributed by atoms with Crippen LogP contribution in [-0.2, 0) is 9.53 Å². The van der Waals surface area contributed by atoms with Crippen LogP contribution >= 0.6 is 0 Å². The van der Waals surface area contributed by atoms with Crippen LogP contribution < -0.4 is 9.47 Å². The highest BCUT2D eigenvalue weighted by atomic mass is 16.5. The lowest BCUT2D eigenvalue weighted by Gasteiger charge is -2.16. The van der Waals surface area contributed by atoms with Crippen LogP contribution in [0, 0.1) is 28.6 Å². The van der Waals surface area contributed by atoms with Gasteiger partial charge in [-0.1, -0.05) is 6.07 Å². The van der Waals surface area contributed by atoms with Crippen molar-refractivity contribution < 1.29 is 19.0 Å². The topological polar surface area (TPSA) is 92.3 Å². The molecule has 1 rings (SSSR count). The molecule has 0 aliphatic rings. The summed E-state index contributed by atoms with van der Waals surface area (Å²) in [6, 6.07) is 8.64. The Balaban J connectivity index is 3.18. The molecule has 0 bridgehead atoms. The lowest BCUT2D eigenvalue weighted by molar-refractivity contribution is -0.146. The van der Waals surface area contributed by atoms with Crippen molar-refractivity contribution in [2.45, 2.75) is 12.8 Å². The number of esters is 1. The Bertz CT molecular complexity index is 586. The Hall–Kier alpha value is -2.73. The molecule has 0 saturated carbocycles. The summed E-state index contributed by atoms with van der Waals surface area (Å²) in [6.45, 7) is 1.80. The number of benzene rings is 1. The van der Waals surface area contributed by atoms with Gasteiger partial charge in [0.15, 0.2) is 17.4 Å². The molecule has 110 valence electrons. The van der Waals surface area contributed by atoms with E-state index >= 15 is 0 Å². The van der Waals surface area contributed by atoms with Gasteiger partial charge in [0.1, 0.15) is 0 Å². The van der Waals surface area contributed by atoms with Gasteiger partial charge in [-0.25, -0.2) is 0 Å². The minimum atomic E-state index is -1.19. The van der Waals surface area contributed by atoms with E-state index in [0.29, 0.717) is 17.1 Å². The lowest BCUT2D eigenvalue weighted by atomic mass is 9.88. The summed E-state index contributed by atoms with van der Waals surface area (Å²) in [7, 11) is 2.96. The van der Waals surface area contributed by atoms with Gasteiger partial charge in [0.2, 0.25) is 0 Å². The molecule has 0 unspecified atom stereocenters. The van der Waals surface area contributed by atoms with Gasteiger partial charge in [-0.3, -0.25) is 4.79 Å². The number of carbonyl (C=O) groups excluding carboxylic acids is 1. The van der Waals surface area contributed by atoms with Gasteiger partial charge in [0, 0.05) is 0 Å². The Morgan fingerprint density at radius 2 is 1.86 bits per heavy atom. The summed E-state index contributed by atoms with van der Waals surface area (Å²) in [4.78, 5) is 11.8. The number of methoxy groups -OCH3 is 2. The van der Waals surface area contributed by atoms with Gasteiger partial charge in [-0.2, -0.15) is 10.5 Å². The molecule has 0 heterocycles. The second-order valence-electron chi connectivity index (χ2n) is 4.08. The maximum Gasteiger partial charge on any atom is 0.325 e. The van der Waals surface area contributed by atoms with Crippen LogP contribution in [0.5, 0.6) is 11.5 Å². The SMILES string of the molecule is CCOC(=O)[C@@H](C#N)[C@H](C#N)c1ccc(OC)c(OC)c1. The maximum absolute atomic E-state index is 11.8. The smallest absolute Gasteiger partial charge is 0.325 e. The Morgan fingerprint density at radius 1 is 1.19 bits per heavy atom. The highest BCUT2D eigenvalue weighted by molar-refractivity contribution is 5.77. The molecular weight excluding hydrogens is 272 g/mol. The zero-order chi connectivity index (χ0) is 15.8.